The summed E-state index contributed by atoms with van der Waals surface area (Å²) in [5.41, 5.74) is 9.02. The Balaban J connectivity index is 2.20. The van der Waals surface area contributed by atoms with Crippen LogP contribution in [0.15, 0.2) is 29.6 Å². The minimum Gasteiger partial charge on any atom is -0.369 e. The lowest BCUT2D eigenvalue weighted by Crippen LogP contribution is -2.23. The second-order valence-electron chi connectivity index (χ2n) is 6.43. The van der Waals surface area contributed by atoms with E-state index in [1.54, 1.807) is 0 Å². The van der Waals surface area contributed by atoms with Crippen LogP contribution >= 0.6 is 11.3 Å². The van der Waals surface area contributed by atoms with Crippen molar-refractivity contribution in [3.05, 3.63) is 51.5 Å². The third kappa shape index (κ3) is 3.91. The first-order chi connectivity index (χ1) is 9.77. The number of rotatable bonds is 4. The van der Waals surface area contributed by atoms with Crippen LogP contribution < -0.4 is 5.73 Å². The zero-order valence-electron chi connectivity index (χ0n) is 13.0. The van der Waals surface area contributed by atoms with Crippen molar-refractivity contribution in [1.29, 1.82) is 0 Å². The van der Waals surface area contributed by atoms with Gasteiger partial charge in [0.25, 0.3) is 0 Å². The molecule has 0 aliphatic carbocycles. The van der Waals surface area contributed by atoms with Crippen LogP contribution in [0.3, 0.4) is 0 Å². The van der Waals surface area contributed by atoms with Gasteiger partial charge in [-0.2, -0.15) is 0 Å². The second kappa shape index (κ2) is 5.98. The molecule has 1 atom stereocenters. The molecule has 1 aromatic carbocycles. The zero-order chi connectivity index (χ0) is 15.6. The highest BCUT2D eigenvalue weighted by Crippen LogP contribution is 2.26. The fourth-order valence-corrected chi connectivity index (χ4v) is 3.12. The van der Waals surface area contributed by atoms with Crippen LogP contribution in [0.2, 0.25) is 0 Å². The van der Waals surface area contributed by atoms with Gasteiger partial charge in [0.15, 0.2) is 0 Å². The number of hydrogen-bond donors (Lipinski definition) is 1. The van der Waals surface area contributed by atoms with Crippen LogP contribution in [0.5, 0.6) is 0 Å². The largest absolute Gasteiger partial charge is 0.369 e. The van der Waals surface area contributed by atoms with Crippen LogP contribution in [0.1, 0.15) is 48.5 Å². The molecule has 1 heterocycles. The summed E-state index contributed by atoms with van der Waals surface area (Å²) in [6.07, 6.45) is 0.604. The molecule has 0 fully saturated rings. The summed E-state index contributed by atoms with van der Waals surface area (Å²) in [4.78, 5) is 16.1. The number of aromatic nitrogens is 1. The first-order valence-electron chi connectivity index (χ1n) is 7.08. The van der Waals surface area contributed by atoms with E-state index in [4.69, 9.17) is 5.73 Å². The predicted octanol–water partition coefficient (Wildman–Crippen LogP) is 3.56. The van der Waals surface area contributed by atoms with Crippen molar-refractivity contribution in [2.45, 2.75) is 45.4 Å². The van der Waals surface area contributed by atoms with Crippen LogP contribution in [-0.4, -0.2) is 10.9 Å². The molecule has 0 bridgehead atoms. The smallest absolute Gasteiger partial charge is 0.227 e. The molecule has 1 amide bonds. The highest BCUT2D eigenvalue weighted by atomic mass is 32.1. The molecule has 1 aromatic heterocycles. The monoisotopic (exact) mass is 302 g/mol. The summed E-state index contributed by atoms with van der Waals surface area (Å²) in [6.45, 7) is 8.49. The highest BCUT2D eigenvalue weighted by molar-refractivity contribution is 7.09. The Morgan fingerprint density at radius 2 is 1.90 bits per heavy atom. The number of nitrogens with two attached hydrogens (primary N) is 1. The molecule has 2 N–H and O–H groups in total. The molecule has 4 heteroatoms. The first-order valence-corrected chi connectivity index (χ1v) is 7.96. The van der Waals surface area contributed by atoms with Crippen LogP contribution in [0, 0.1) is 6.92 Å². The standard InChI is InChI=1S/C17H22N2OS/c1-11-10-21-16(19-11)14(15(18)20)9-12-5-7-13(8-6-12)17(2,3)4/h5-8,10,14H,9H2,1-4H3,(H2,18,20). The number of nitrogens with zero attached hydrogens (tertiary/aromatic N) is 1. The quantitative estimate of drug-likeness (QED) is 0.939. The number of primary amides is 1. The summed E-state index contributed by atoms with van der Waals surface area (Å²) in [5.74, 6) is -0.659. The zero-order valence-corrected chi connectivity index (χ0v) is 13.8. The normalized spacial score (nSPS) is 13.1. The summed E-state index contributed by atoms with van der Waals surface area (Å²) >= 11 is 1.50. The molecule has 0 saturated carbocycles. The van der Waals surface area contributed by atoms with Gasteiger partial charge >= 0.3 is 0 Å². The van der Waals surface area contributed by atoms with Crippen LogP contribution in [0.25, 0.3) is 0 Å². The van der Waals surface area contributed by atoms with Gasteiger partial charge in [-0.05, 0) is 29.9 Å². The second-order valence-corrected chi connectivity index (χ2v) is 7.32. The van der Waals surface area contributed by atoms with Crippen molar-refractivity contribution >= 4 is 17.2 Å². The van der Waals surface area contributed by atoms with Crippen LogP contribution in [0.4, 0.5) is 0 Å². The van der Waals surface area contributed by atoms with Gasteiger partial charge in [-0.25, -0.2) is 4.98 Å². The number of hydrogen-bond acceptors (Lipinski definition) is 3. The molecule has 0 radical (unpaired) electrons. The van der Waals surface area contributed by atoms with E-state index in [9.17, 15) is 4.79 Å². The van der Waals surface area contributed by atoms with Crippen molar-refractivity contribution in [2.24, 2.45) is 5.73 Å². The third-order valence-electron chi connectivity index (χ3n) is 3.54. The number of thiazole rings is 1. The fraction of sp³-hybridized carbons (Fsp3) is 0.412. The molecule has 21 heavy (non-hydrogen) atoms. The summed E-state index contributed by atoms with van der Waals surface area (Å²) < 4.78 is 0. The van der Waals surface area contributed by atoms with Gasteiger partial charge in [-0.3, -0.25) is 4.79 Å². The third-order valence-corrected chi connectivity index (χ3v) is 4.61. The lowest BCUT2D eigenvalue weighted by Gasteiger charge is -2.19. The maximum atomic E-state index is 11.7. The van der Waals surface area contributed by atoms with E-state index in [1.807, 2.05) is 12.3 Å². The number of carbonyl (C=O) groups is 1. The van der Waals surface area contributed by atoms with E-state index in [0.717, 1.165) is 16.3 Å². The lowest BCUT2D eigenvalue weighted by molar-refractivity contribution is -0.119. The predicted molar refractivity (Wildman–Crippen MR) is 87.6 cm³/mol. The van der Waals surface area contributed by atoms with Gasteiger partial charge < -0.3 is 5.73 Å². The Morgan fingerprint density at radius 1 is 1.29 bits per heavy atom. The number of amides is 1. The van der Waals surface area contributed by atoms with E-state index in [2.05, 4.69) is 50.0 Å². The van der Waals surface area contributed by atoms with Gasteiger partial charge in [-0.1, -0.05) is 45.0 Å². The van der Waals surface area contributed by atoms with Crippen molar-refractivity contribution in [1.82, 2.24) is 4.98 Å². The summed E-state index contributed by atoms with van der Waals surface area (Å²) in [7, 11) is 0. The number of aryl methyl sites for hydroxylation is 1. The summed E-state index contributed by atoms with van der Waals surface area (Å²) in [5, 5.41) is 2.76. The maximum Gasteiger partial charge on any atom is 0.227 e. The Hall–Kier alpha value is -1.68. The van der Waals surface area contributed by atoms with Gasteiger partial charge in [0.2, 0.25) is 5.91 Å². The molecular weight excluding hydrogens is 280 g/mol. The Labute approximate surface area is 130 Å². The average Bonchev–Trinajstić information content (AvgIpc) is 2.81. The molecule has 0 spiro atoms. The van der Waals surface area contributed by atoms with E-state index in [-0.39, 0.29) is 17.2 Å². The molecule has 2 rings (SSSR count). The summed E-state index contributed by atoms with van der Waals surface area (Å²) in [6, 6.07) is 8.41. The van der Waals surface area contributed by atoms with Crippen molar-refractivity contribution in [3.8, 4) is 0 Å². The molecule has 0 aliphatic heterocycles. The van der Waals surface area contributed by atoms with Crippen LogP contribution in [-0.2, 0) is 16.6 Å². The van der Waals surface area contributed by atoms with Crippen molar-refractivity contribution in [3.63, 3.8) is 0 Å². The number of benzene rings is 1. The molecule has 112 valence electrons. The van der Waals surface area contributed by atoms with Crippen molar-refractivity contribution < 1.29 is 4.79 Å². The molecule has 3 nitrogen and oxygen atoms in total. The Bertz CT molecular complexity index is 623. The molecule has 2 aromatic rings. The van der Waals surface area contributed by atoms with Gasteiger partial charge in [0.1, 0.15) is 5.01 Å². The molecule has 0 saturated heterocycles. The topological polar surface area (TPSA) is 56.0 Å². The average molecular weight is 302 g/mol. The van der Waals surface area contributed by atoms with Gasteiger partial charge in [0, 0.05) is 11.1 Å². The first kappa shape index (κ1) is 15.7. The van der Waals surface area contributed by atoms with E-state index in [0.29, 0.717) is 6.42 Å². The lowest BCUT2D eigenvalue weighted by atomic mass is 9.86. The van der Waals surface area contributed by atoms with Crippen molar-refractivity contribution in [2.75, 3.05) is 0 Å². The Morgan fingerprint density at radius 3 is 2.33 bits per heavy atom. The minimum atomic E-state index is -0.343. The Kier molecular flexibility index (Phi) is 4.47. The molecule has 0 aliphatic rings. The van der Waals surface area contributed by atoms with E-state index < -0.39 is 0 Å². The van der Waals surface area contributed by atoms with E-state index in [1.165, 1.54) is 16.9 Å². The highest BCUT2D eigenvalue weighted by Gasteiger charge is 2.22. The van der Waals surface area contributed by atoms with Gasteiger partial charge in [0.05, 0.1) is 5.92 Å². The minimum absolute atomic E-state index is 0.133. The van der Waals surface area contributed by atoms with Gasteiger partial charge in [-0.15, -0.1) is 11.3 Å². The SMILES string of the molecule is Cc1csc(C(Cc2ccc(C(C)(C)C)cc2)C(N)=O)n1. The fourth-order valence-electron chi connectivity index (χ4n) is 2.22. The number of carbonyl (C=O) groups excluding carboxylic acids is 1. The van der Waals surface area contributed by atoms with E-state index >= 15 is 0 Å². The molecular formula is C17H22N2OS. The molecule has 1 unspecified atom stereocenters. The maximum absolute atomic E-state index is 11.7.